The molecule has 0 atom stereocenters. The van der Waals surface area contributed by atoms with Crippen molar-refractivity contribution in [2.75, 3.05) is 11.9 Å². The summed E-state index contributed by atoms with van der Waals surface area (Å²) < 4.78 is 39.2. The summed E-state index contributed by atoms with van der Waals surface area (Å²) in [4.78, 5) is 23.5. The fourth-order valence-corrected chi connectivity index (χ4v) is 1.94. The molecule has 0 bridgehead atoms. The number of halogens is 4. The van der Waals surface area contributed by atoms with Crippen molar-refractivity contribution in [3.63, 3.8) is 0 Å². The first-order valence-corrected chi connectivity index (χ1v) is 6.74. The van der Waals surface area contributed by atoms with Crippen molar-refractivity contribution in [3.05, 3.63) is 64.4 Å². The summed E-state index contributed by atoms with van der Waals surface area (Å²) in [6, 6.07) is 7.75. The highest BCUT2D eigenvalue weighted by atomic mass is 35.5. The predicted molar refractivity (Wildman–Crippen MR) is 78.7 cm³/mol. The number of amides is 2. The first kappa shape index (κ1) is 16.8. The van der Waals surface area contributed by atoms with E-state index in [0.29, 0.717) is 6.07 Å². The third-order valence-electron chi connectivity index (χ3n) is 2.84. The molecule has 0 unspecified atom stereocenters. The van der Waals surface area contributed by atoms with Crippen LogP contribution in [-0.2, 0) is 4.79 Å². The lowest BCUT2D eigenvalue weighted by Crippen LogP contribution is -2.33. The van der Waals surface area contributed by atoms with Crippen LogP contribution >= 0.6 is 11.6 Å². The molecule has 0 spiro atoms. The number of anilines is 1. The van der Waals surface area contributed by atoms with Crippen LogP contribution in [0.15, 0.2) is 36.4 Å². The lowest BCUT2D eigenvalue weighted by Gasteiger charge is -2.09. The maximum Gasteiger partial charge on any atom is 0.253 e. The quantitative estimate of drug-likeness (QED) is 0.839. The van der Waals surface area contributed by atoms with Crippen molar-refractivity contribution >= 4 is 29.1 Å². The third kappa shape index (κ3) is 4.01. The number of benzene rings is 2. The molecule has 120 valence electrons. The van der Waals surface area contributed by atoms with Crippen LogP contribution in [0.5, 0.6) is 0 Å². The zero-order valence-electron chi connectivity index (χ0n) is 11.5. The molecule has 2 aromatic carbocycles. The molecule has 0 aliphatic rings. The maximum atomic E-state index is 13.4. The Balaban J connectivity index is 1.97. The molecule has 2 N–H and O–H groups in total. The molecule has 8 heteroatoms. The number of carbonyl (C=O) groups is 2. The van der Waals surface area contributed by atoms with Gasteiger partial charge in [-0.2, -0.15) is 0 Å². The van der Waals surface area contributed by atoms with Crippen LogP contribution < -0.4 is 10.6 Å². The van der Waals surface area contributed by atoms with Crippen LogP contribution in [0.3, 0.4) is 0 Å². The highest BCUT2D eigenvalue weighted by Crippen LogP contribution is 2.19. The molecule has 2 aromatic rings. The van der Waals surface area contributed by atoms with E-state index in [9.17, 15) is 22.8 Å². The highest BCUT2D eigenvalue weighted by molar-refractivity contribution is 6.33. The van der Waals surface area contributed by atoms with Gasteiger partial charge in [-0.05, 0) is 24.3 Å². The Morgan fingerprint density at radius 3 is 2.39 bits per heavy atom. The first-order valence-electron chi connectivity index (χ1n) is 6.36. The Hall–Kier alpha value is -2.54. The minimum absolute atomic E-state index is 0.168. The van der Waals surface area contributed by atoms with Gasteiger partial charge in [-0.25, -0.2) is 13.2 Å². The third-order valence-corrected chi connectivity index (χ3v) is 3.17. The molecule has 4 nitrogen and oxygen atoms in total. The van der Waals surface area contributed by atoms with Gasteiger partial charge >= 0.3 is 0 Å². The number of nitrogens with one attached hydrogen (secondary N) is 2. The number of hydrogen-bond donors (Lipinski definition) is 2. The van der Waals surface area contributed by atoms with Gasteiger partial charge < -0.3 is 10.6 Å². The minimum Gasteiger partial charge on any atom is -0.343 e. The molecule has 23 heavy (non-hydrogen) atoms. The van der Waals surface area contributed by atoms with Crippen molar-refractivity contribution in [1.82, 2.24) is 5.32 Å². The Morgan fingerprint density at radius 2 is 1.70 bits per heavy atom. The average Bonchev–Trinajstić information content (AvgIpc) is 2.53. The van der Waals surface area contributed by atoms with Crippen LogP contribution in [0.1, 0.15) is 10.4 Å². The molecule has 2 rings (SSSR count). The van der Waals surface area contributed by atoms with Gasteiger partial charge in [-0.3, -0.25) is 9.59 Å². The summed E-state index contributed by atoms with van der Waals surface area (Å²) in [5.74, 6) is -5.99. The molecule has 0 heterocycles. The molecular weight excluding hydrogens is 333 g/mol. The zero-order valence-corrected chi connectivity index (χ0v) is 12.3. The minimum atomic E-state index is -1.69. The van der Waals surface area contributed by atoms with Crippen LogP contribution in [0.25, 0.3) is 0 Å². The van der Waals surface area contributed by atoms with E-state index in [1.54, 1.807) is 12.1 Å². The van der Waals surface area contributed by atoms with E-state index < -0.39 is 41.5 Å². The fourth-order valence-electron chi connectivity index (χ4n) is 1.72. The Morgan fingerprint density at radius 1 is 1.00 bits per heavy atom. The molecule has 0 saturated heterocycles. The van der Waals surface area contributed by atoms with Crippen LogP contribution in [0.2, 0.25) is 5.02 Å². The van der Waals surface area contributed by atoms with Crippen molar-refractivity contribution in [1.29, 1.82) is 0 Å². The van der Waals surface area contributed by atoms with Crippen LogP contribution in [0.4, 0.5) is 18.9 Å². The second kappa shape index (κ2) is 7.15. The van der Waals surface area contributed by atoms with Gasteiger partial charge in [0, 0.05) is 0 Å². The van der Waals surface area contributed by atoms with Gasteiger partial charge in [-0.1, -0.05) is 23.7 Å². The summed E-state index contributed by atoms with van der Waals surface area (Å²) in [6.45, 7) is -0.498. The number of hydrogen-bond acceptors (Lipinski definition) is 2. The topological polar surface area (TPSA) is 58.2 Å². The summed E-state index contributed by atoms with van der Waals surface area (Å²) in [7, 11) is 0. The van der Waals surface area contributed by atoms with Crippen LogP contribution in [-0.4, -0.2) is 18.4 Å². The zero-order chi connectivity index (χ0) is 17.0. The molecule has 0 aliphatic heterocycles. The van der Waals surface area contributed by atoms with E-state index in [4.69, 9.17) is 11.6 Å². The molecule has 0 aromatic heterocycles. The summed E-state index contributed by atoms with van der Waals surface area (Å²) in [6.07, 6.45) is 0. The van der Waals surface area contributed by atoms with E-state index in [0.717, 1.165) is 6.07 Å². The lowest BCUT2D eigenvalue weighted by atomic mass is 10.2. The van der Waals surface area contributed by atoms with Crippen molar-refractivity contribution < 1.29 is 22.8 Å². The first-order chi connectivity index (χ1) is 10.9. The summed E-state index contributed by atoms with van der Waals surface area (Å²) in [5.41, 5.74) is -0.359. The van der Waals surface area contributed by atoms with E-state index in [-0.39, 0.29) is 10.6 Å². The molecule has 0 saturated carbocycles. The predicted octanol–water partition coefficient (Wildman–Crippen LogP) is 3.13. The maximum absolute atomic E-state index is 13.4. The molecule has 0 aliphatic carbocycles. The van der Waals surface area contributed by atoms with Gasteiger partial charge in [0.1, 0.15) is 0 Å². The van der Waals surface area contributed by atoms with Gasteiger partial charge in [-0.15, -0.1) is 0 Å². The van der Waals surface area contributed by atoms with Gasteiger partial charge in [0.15, 0.2) is 17.5 Å². The van der Waals surface area contributed by atoms with Crippen molar-refractivity contribution in [2.45, 2.75) is 0 Å². The second-order valence-electron chi connectivity index (χ2n) is 4.43. The average molecular weight is 343 g/mol. The Bertz CT molecular complexity index is 768. The fraction of sp³-hybridized carbons (Fsp3) is 0.0667. The Labute approximate surface area is 134 Å². The van der Waals surface area contributed by atoms with Crippen molar-refractivity contribution in [2.24, 2.45) is 0 Å². The Kier molecular flexibility index (Phi) is 5.23. The second-order valence-corrected chi connectivity index (χ2v) is 4.84. The molecule has 0 radical (unpaired) electrons. The SMILES string of the molecule is O=C(CNC(=O)c1ccccc1Cl)Nc1ccc(F)c(F)c1F. The monoisotopic (exact) mass is 342 g/mol. The van der Waals surface area contributed by atoms with E-state index in [1.165, 1.54) is 12.1 Å². The van der Waals surface area contributed by atoms with Gasteiger partial charge in [0.05, 0.1) is 22.8 Å². The van der Waals surface area contributed by atoms with E-state index >= 15 is 0 Å². The van der Waals surface area contributed by atoms with Crippen LogP contribution in [0, 0.1) is 17.5 Å². The molecule has 2 amide bonds. The lowest BCUT2D eigenvalue weighted by molar-refractivity contribution is -0.115. The summed E-state index contributed by atoms with van der Waals surface area (Å²) in [5, 5.41) is 4.52. The standard InChI is InChI=1S/C15H10ClF3N2O2/c16-9-4-2-1-3-8(9)15(23)20-7-12(22)21-11-6-5-10(17)13(18)14(11)19/h1-6H,7H2,(H,20,23)(H,21,22). The summed E-state index contributed by atoms with van der Waals surface area (Å²) >= 11 is 5.83. The van der Waals surface area contributed by atoms with E-state index in [1.807, 2.05) is 5.32 Å². The van der Waals surface area contributed by atoms with Gasteiger partial charge in [0.2, 0.25) is 5.91 Å². The number of rotatable bonds is 4. The van der Waals surface area contributed by atoms with Crippen molar-refractivity contribution in [3.8, 4) is 0 Å². The largest absolute Gasteiger partial charge is 0.343 e. The molecule has 0 fully saturated rings. The number of carbonyl (C=O) groups excluding carboxylic acids is 2. The smallest absolute Gasteiger partial charge is 0.253 e. The van der Waals surface area contributed by atoms with Gasteiger partial charge in [0.25, 0.3) is 5.91 Å². The highest BCUT2D eigenvalue weighted by Gasteiger charge is 2.16. The van der Waals surface area contributed by atoms with E-state index in [2.05, 4.69) is 5.32 Å². The normalized spacial score (nSPS) is 10.3. The molecular formula is C15H10ClF3N2O2.